The van der Waals surface area contributed by atoms with Crippen LogP contribution < -0.4 is 0 Å². The van der Waals surface area contributed by atoms with Gasteiger partial charge in [0.2, 0.25) is 0 Å². The molecule has 0 aliphatic rings. The summed E-state index contributed by atoms with van der Waals surface area (Å²) in [6.07, 6.45) is -0.864. The van der Waals surface area contributed by atoms with E-state index in [2.05, 4.69) is 0 Å². The number of carbonyl (C=O) groups excluding carboxylic acids is 1. The first-order chi connectivity index (χ1) is 8.62. The number of ether oxygens (including phenoxy) is 1. The highest BCUT2D eigenvalue weighted by Crippen LogP contribution is 2.38. The Morgan fingerprint density at radius 2 is 1.72 bits per heavy atom. The van der Waals surface area contributed by atoms with E-state index in [0.717, 1.165) is 0 Å². The Morgan fingerprint density at radius 1 is 1.17 bits per heavy atom. The molecule has 0 fully saturated rings. The zero-order valence-corrected chi connectivity index (χ0v) is 10.0. The molecular weight excluding hydrogens is 232 g/mol. The fourth-order valence-electron chi connectivity index (χ4n) is 1.61. The third-order valence-electron chi connectivity index (χ3n) is 2.59. The number of rotatable bonds is 6. The molecule has 0 N–H and O–H groups in total. The molecule has 0 saturated heterocycles. The zero-order valence-electron chi connectivity index (χ0n) is 10.0. The summed E-state index contributed by atoms with van der Waals surface area (Å²) in [5.74, 6) is -1.80. The van der Waals surface area contributed by atoms with Crippen LogP contribution in [0, 0.1) is 56.7 Å². The Balaban J connectivity index is 5.56. The minimum absolute atomic E-state index is 0.0855. The van der Waals surface area contributed by atoms with Gasteiger partial charge in [-0.05, 0) is 6.92 Å². The first-order valence-corrected chi connectivity index (χ1v) is 5.30. The van der Waals surface area contributed by atoms with Crippen molar-refractivity contribution in [1.82, 2.24) is 0 Å². The number of esters is 1. The highest BCUT2D eigenvalue weighted by Gasteiger charge is 2.47. The van der Waals surface area contributed by atoms with Crippen LogP contribution in [-0.2, 0) is 9.53 Å². The van der Waals surface area contributed by atoms with Crippen molar-refractivity contribution in [2.45, 2.75) is 26.2 Å². The highest BCUT2D eigenvalue weighted by molar-refractivity contribution is 5.78. The molecule has 0 bridgehead atoms. The van der Waals surface area contributed by atoms with Crippen LogP contribution in [0.2, 0.25) is 0 Å². The van der Waals surface area contributed by atoms with Crippen LogP contribution >= 0.6 is 0 Å². The number of hydrogen-bond donors (Lipinski definition) is 0. The maximum Gasteiger partial charge on any atom is 0.315 e. The Morgan fingerprint density at radius 3 is 2.06 bits per heavy atom. The van der Waals surface area contributed by atoms with E-state index in [1.165, 1.54) is 0 Å². The molecule has 0 aliphatic carbocycles. The second kappa shape index (κ2) is 7.66. The van der Waals surface area contributed by atoms with E-state index in [-0.39, 0.29) is 25.9 Å². The van der Waals surface area contributed by atoms with Crippen molar-refractivity contribution in [3.05, 3.63) is 0 Å². The summed E-state index contributed by atoms with van der Waals surface area (Å²) in [6, 6.07) is 7.20. The largest absolute Gasteiger partial charge is 0.465 e. The van der Waals surface area contributed by atoms with Crippen LogP contribution in [-0.4, -0.2) is 12.6 Å². The topological polar surface area (TPSA) is 121 Å². The normalized spacial score (nSPS) is 11.2. The van der Waals surface area contributed by atoms with E-state index in [1.807, 2.05) is 6.07 Å². The lowest BCUT2D eigenvalue weighted by atomic mass is 9.70. The molecule has 6 nitrogen and oxygen atoms in total. The minimum atomic E-state index is -1.54. The first kappa shape index (κ1) is 15.4. The van der Waals surface area contributed by atoms with Gasteiger partial charge in [-0.25, -0.2) is 0 Å². The van der Waals surface area contributed by atoms with Crippen molar-refractivity contribution in [3.8, 4) is 24.3 Å². The number of hydrogen-bond acceptors (Lipinski definition) is 6. The van der Waals surface area contributed by atoms with E-state index in [1.54, 1.807) is 25.1 Å². The van der Waals surface area contributed by atoms with Gasteiger partial charge < -0.3 is 4.74 Å². The summed E-state index contributed by atoms with van der Waals surface area (Å²) in [7, 11) is 0. The van der Waals surface area contributed by atoms with Gasteiger partial charge in [-0.3, -0.25) is 4.79 Å². The van der Waals surface area contributed by atoms with Crippen LogP contribution in [0.1, 0.15) is 26.2 Å². The van der Waals surface area contributed by atoms with Gasteiger partial charge in [0.25, 0.3) is 0 Å². The molecule has 6 heteroatoms. The van der Waals surface area contributed by atoms with Gasteiger partial charge in [0.1, 0.15) is 5.41 Å². The van der Waals surface area contributed by atoms with Crippen molar-refractivity contribution in [3.63, 3.8) is 0 Å². The van der Waals surface area contributed by atoms with Gasteiger partial charge in [-0.15, -0.1) is 0 Å². The molecule has 0 spiro atoms. The monoisotopic (exact) mass is 244 g/mol. The average Bonchev–Trinajstić information content (AvgIpc) is 2.35. The fourth-order valence-corrected chi connectivity index (χ4v) is 1.61. The van der Waals surface area contributed by atoms with E-state index < -0.39 is 17.3 Å². The fraction of sp³-hybridized carbons (Fsp3) is 0.583. The summed E-state index contributed by atoms with van der Waals surface area (Å²) in [6.45, 7) is 1.68. The first-order valence-electron chi connectivity index (χ1n) is 5.30. The third kappa shape index (κ3) is 3.21. The van der Waals surface area contributed by atoms with Gasteiger partial charge in [0, 0.05) is 0 Å². The van der Waals surface area contributed by atoms with Gasteiger partial charge in [0.05, 0.1) is 56.1 Å². The Kier molecular flexibility index (Phi) is 6.57. The van der Waals surface area contributed by atoms with Gasteiger partial charge in [0.15, 0.2) is 0 Å². The molecule has 0 amide bonds. The highest BCUT2D eigenvalue weighted by atomic mass is 16.5. The third-order valence-corrected chi connectivity index (χ3v) is 2.59. The van der Waals surface area contributed by atoms with E-state index >= 15 is 0 Å². The molecule has 18 heavy (non-hydrogen) atoms. The maximum absolute atomic E-state index is 11.9. The van der Waals surface area contributed by atoms with Gasteiger partial charge in [-0.1, -0.05) is 0 Å². The molecule has 0 radical (unpaired) electrons. The average molecular weight is 244 g/mol. The van der Waals surface area contributed by atoms with Crippen LogP contribution in [0.5, 0.6) is 0 Å². The van der Waals surface area contributed by atoms with Crippen LogP contribution in [0.15, 0.2) is 0 Å². The summed E-state index contributed by atoms with van der Waals surface area (Å²) < 4.78 is 4.84. The van der Waals surface area contributed by atoms with Crippen molar-refractivity contribution in [1.29, 1.82) is 21.0 Å². The minimum Gasteiger partial charge on any atom is -0.465 e. The molecule has 1 atom stereocenters. The van der Waals surface area contributed by atoms with E-state index in [4.69, 9.17) is 25.8 Å². The molecule has 0 aromatic rings. The summed E-state index contributed by atoms with van der Waals surface area (Å²) in [4.78, 5) is 11.9. The standard InChI is InChI=1S/C12H12N4O2/c1-2-18-11(17)12(4-7-14,5-8-15)10(9-16)3-6-13/h10H,2-5H2,1H3. The van der Waals surface area contributed by atoms with Gasteiger partial charge in [-0.2, -0.15) is 21.0 Å². The Labute approximate surface area is 106 Å². The molecule has 0 saturated carbocycles. The predicted octanol–water partition coefficient (Wildman–Crippen LogP) is 1.42. The molecule has 0 aromatic heterocycles. The van der Waals surface area contributed by atoms with E-state index in [0.29, 0.717) is 0 Å². The zero-order chi connectivity index (χ0) is 14.0. The quantitative estimate of drug-likeness (QED) is 0.651. The molecule has 0 aliphatic heterocycles. The van der Waals surface area contributed by atoms with Gasteiger partial charge >= 0.3 is 5.97 Å². The Bertz CT molecular complexity index is 442. The van der Waals surface area contributed by atoms with Crippen molar-refractivity contribution in [2.24, 2.45) is 11.3 Å². The summed E-state index contributed by atoms with van der Waals surface area (Å²) in [5, 5.41) is 35.3. The molecule has 0 heterocycles. The SMILES string of the molecule is CCOC(=O)C(CC#N)(CC#N)C(C#N)CC#N. The van der Waals surface area contributed by atoms with Crippen molar-refractivity contribution >= 4 is 5.97 Å². The molecule has 0 aromatic carbocycles. The maximum atomic E-state index is 11.9. The lowest BCUT2D eigenvalue weighted by Crippen LogP contribution is -2.39. The smallest absolute Gasteiger partial charge is 0.315 e. The number of carbonyl (C=O) groups is 1. The lowest BCUT2D eigenvalue weighted by molar-refractivity contribution is -0.157. The van der Waals surface area contributed by atoms with E-state index in [9.17, 15) is 4.79 Å². The lowest BCUT2D eigenvalue weighted by Gasteiger charge is -2.29. The second-order valence-corrected chi connectivity index (χ2v) is 3.59. The molecule has 92 valence electrons. The number of nitrogens with zero attached hydrogens (tertiary/aromatic N) is 4. The molecular formula is C12H12N4O2. The Hall–Kier alpha value is -2.57. The van der Waals surface area contributed by atoms with Crippen LogP contribution in [0.3, 0.4) is 0 Å². The molecule has 1 unspecified atom stereocenters. The van der Waals surface area contributed by atoms with Crippen LogP contribution in [0.25, 0.3) is 0 Å². The van der Waals surface area contributed by atoms with Crippen molar-refractivity contribution < 1.29 is 9.53 Å². The van der Waals surface area contributed by atoms with Crippen LogP contribution in [0.4, 0.5) is 0 Å². The predicted molar refractivity (Wildman–Crippen MR) is 58.9 cm³/mol. The summed E-state index contributed by atoms with van der Waals surface area (Å²) >= 11 is 0. The second-order valence-electron chi connectivity index (χ2n) is 3.59. The number of nitriles is 4. The van der Waals surface area contributed by atoms with Crippen molar-refractivity contribution in [2.75, 3.05) is 6.61 Å². The summed E-state index contributed by atoms with van der Waals surface area (Å²) in [5.41, 5.74) is -1.54. The molecule has 0 rings (SSSR count).